The third-order valence-electron chi connectivity index (χ3n) is 4.14. The minimum atomic E-state index is -0.206. The number of hydrogen-bond donors (Lipinski definition) is 2. The van der Waals surface area contributed by atoms with Crippen LogP contribution in [0.1, 0.15) is 35.1 Å². The highest BCUT2D eigenvalue weighted by atomic mass is 16.3. The van der Waals surface area contributed by atoms with Crippen molar-refractivity contribution in [1.29, 1.82) is 0 Å². The zero-order valence-electron chi connectivity index (χ0n) is 14.6. The van der Waals surface area contributed by atoms with E-state index in [1.165, 1.54) is 6.21 Å². The molecule has 1 aliphatic carbocycles. The number of allylic oxidation sites excluding steroid dienone is 1. The molecular formula is C22H20N2O2. The van der Waals surface area contributed by atoms with Crippen molar-refractivity contribution in [3.8, 4) is 17.6 Å². The summed E-state index contributed by atoms with van der Waals surface area (Å²) in [6, 6.07) is 13.2. The van der Waals surface area contributed by atoms with Gasteiger partial charge in [-0.1, -0.05) is 53.8 Å². The van der Waals surface area contributed by atoms with Gasteiger partial charge in [0.1, 0.15) is 5.75 Å². The van der Waals surface area contributed by atoms with Crippen molar-refractivity contribution in [3.05, 3.63) is 70.8 Å². The molecule has 2 N–H and O–H groups in total. The molecule has 0 fully saturated rings. The Kier molecular flexibility index (Phi) is 5.50. The summed E-state index contributed by atoms with van der Waals surface area (Å²) in [7, 11) is 0. The predicted octanol–water partition coefficient (Wildman–Crippen LogP) is 3.57. The molecule has 1 aliphatic rings. The molecule has 0 atom stereocenters. The van der Waals surface area contributed by atoms with Gasteiger partial charge in [-0.15, -0.1) is 0 Å². The van der Waals surface area contributed by atoms with E-state index in [2.05, 4.69) is 22.4 Å². The molecule has 4 heteroatoms. The van der Waals surface area contributed by atoms with Gasteiger partial charge >= 0.3 is 0 Å². The Morgan fingerprint density at radius 1 is 1.27 bits per heavy atom. The highest BCUT2D eigenvalue weighted by molar-refractivity contribution is 5.91. The number of carbonyl (C=O) groups is 1. The van der Waals surface area contributed by atoms with Crippen LogP contribution in [0.4, 0.5) is 0 Å². The van der Waals surface area contributed by atoms with Crippen LogP contribution in [0.25, 0.3) is 5.57 Å². The molecule has 2 aromatic rings. The summed E-state index contributed by atoms with van der Waals surface area (Å²) in [6.45, 7) is 1.93. The molecular weight excluding hydrogens is 324 g/mol. The number of aryl methyl sites for hydroxylation is 1. The molecule has 0 saturated heterocycles. The Labute approximate surface area is 153 Å². The first-order valence-corrected chi connectivity index (χ1v) is 8.48. The van der Waals surface area contributed by atoms with E-state index < -0.39 is 0 Å². The monoisotopic (exact) mass is 344 g/mol. The van der Waals surface area contributed by atoms with Crippen molar-refractivity contribution < 1.29 is 9.90 Å². The van der Waals surface area contributed by atoms with Gasteiger partial charge in [-0.25, -0.2) is 5.43 Å². The Balaban J connectivity index is 1.69. The van der Waals surface area contributed by atoms with E-state index in [0.29, 0.717) is 18.4 Å². The van der Waals surface area contributed by atoms with Crippen molar-refractivity contribution >= 4 is 17.7 Å². The number of hydrogen-bond acceptors (Lipinski definition) is 3. The summed E-state index contributed by atoms with van der Waals surface area (Å²) in [6.07, 6.45) is 5.01. The molecule has 2 aromatic carbocycles. The lowest BCUT2D eigenvalue weighted by atomic mass is 9.93. The van der Waals surface area contributed by atoms with Gasteiger partial charge in [0.25, 0.3) is 0 Å². The number of carbonyl (C=O) groups excluding carboxylic acids is 1. The molecule has 0 heterocycles. The van der Waals surface area contributed by atoms with Crippen LogP contribution in [0.2, 0.25) is 0 Å². The van der Waals surface area contributed by atoms with Crippen LogP contribution in [-0.2, 0) is 11.2 Å². The first kappa shape index (κ1) is 17.5. The fraction of sp³-hybridized carbons (Fsp3) is 0.182. The maximum Gasteiger partial charge on any atom is 0.244 e. The molecule has 0 bridgehead atoms. The van der Waals surface area contributed by atoms with Crippen LogP contribution in [0.5, 0.6) is 5.75 Å². The third-order valence-corrected chi connectivity index (χ3v) is 4.14. The first-order valence-electron chi connectivity index (χ1n) is 8.48. The van der Waals surface area contributed by atoms with Crippen LogP contribution < -0.4 is 5.43 Å². The predicted molar refractivity (Wildman–Crippen MR) is 104 cm³/mol. The molecule has 4 nitrogen and oxygen atoms in total. The SMILES string of the molecule is Cc1ccc(O)c(/C=N/NC(=O)C/C2=C/CC#CCc3ccccc32)c1. The van der Waals surface area contributed by atoms with E-state index in [0.717, 1.165) is 22.3 Å². The number of amides is 1. The largest absolute Gasteiger partial charge is 0.507 e. The van der Waals surface area contributed by atoms with Crippen molar-refractivity contribution in [3.63, 3.8) is 0 Å². The second-order valence-electron chi connectivity index (χ2n) is 6.15. The van der Waals surface area contributed by atoms with Gasteiger partial charge in [-0.05, 0) is 35.8 Å². The Bertz CT molecular complexity index is 946. The van der Waals surface area contributed by atoms with Crippen molar-refractivity contribution in [2.24, 2.45) is 5.10 Å². The van der Waals surface area contributed by atoms with Crippen LogP contribution in [0.3, 0.4) is 0 Å². The van der Waals surface area contributed by atoms with E-state index in [9.17, 15) is 9.90 Å². The van der Waals surface area contributed by atoms with Crippen molar-refractivity contribution in [2.75, 3.05) is 0 Å². The fourth-order valence-corrected chi connectivity index (χ4v) is 2.83. The fourth-order valence-electron chi connectivity index (χ4n) is 2.83. The van der Waals surface area contributed by atoms with E-state index in [-0.39, 0.29) is 18.1 Å². The highest BCUT2D eigenvalue weighted by Gasteiger charge is 2.12. The van der Waals surface area contributed by atoms with Gasteiger partial charge < -0.3 is 5.11 Å². The molecule has 0 saturated carbocycles. The topological polar surface area (TPSA) is 61.7 Å². The van der Waals surface area contributed by atoms with Crippen LogP contribution >= 0.6 is 0 Å². The summed E-state index contributed by atoms with van der Waals surface area (Å²) >= 11 is 0. The second kappa shape index (κ2) is 8.17. The van der Waals surface area contributed by atoms with Crippen molar-refractivity contribution in [2.45, 2.75) is 26.2 Å². The van der Waals surface area contributed by atoms with E-state index in [1.807, 2.05) is 43.3 Å². The Morgan fingerprint density at radius 2 is 2.12 bits per heavy atom. The molecule has 0 radical (unpaired) electrons. The number of nitrogens with zero attached hydrogens (tertiary/aromatic N) is 1. The summed E-state index contributed by atoms with van der Waals surface area (Å²) in [5.41, 5.74) is 7.26. The van der Waals surface area contributed by atoms with Gasteiger partial charge in [-0.3, -0.25) is 4.79 Å². The zero-order valence-corrected chi connectivity index (χ0v) is 14.6. The number of phenolic OH excluding ortho intramolecular Hbond substituents is 1. The maximum atomic E-state index is 12.3. The van der Waals surface area contributed by atoms with Gasteiger partial charge in [0.2, 0.25) is 5.91 Å². The van der Waals surface area contributed by atoms with Crippen LogP contribution in [0, 0.1) is 18.8 Å². The number of benzene rings is 2. The Morgan fingerprint density at radius 3 is 3.00 bits per heavy atom. The van der Waals surface area contributed by atoms with Crippen molar-refractivity contribution in [1.82, 2.24) is 5.43 Å². The van der Waals surface area contributed by atoms with Gasteiger partial charge in [0.15, 0.2) is 0 Å². The molecule has 0 aromatic heterocycles. The molecule has 130 valence electrons. The lowest BCUT2D eigenvalue weighted by Gasteiger charge is -2.12. The van der Waals surface area contributed by atoms with Gasteiger partial charge in [-0.2, -0.15) is 5.10 Å². The Hall–Kier alpha value is -3.32. The standard InChI is InChI=1S/C22H20N2O2/c1-16-11-12-21(25)19(13-16)15-23-24-22(26)14-18-9-4-2-3-7-17-8-5-6-10-20(17)18/h5-6,8-13,15,25H,4,7,14H2,1H3,(H,24,26)/b18-9-,23-15+. The number of nitrogens with one attached hydrogen (secondary N) is 1. The molecule has 1 amide bonds. The second-order valence-corrected chi connectivity index (χ2v) is 6.15. The summed E-state index contributed by atoms with van der Waals surface area (Å²) in [5.74, 6) is 6.15. The van der Waals surface area contributed by atoms with E-state index in [1.54, 1.807) is 12.1 Å². The summed E-state index contributed by atoms with van der Waals surface area (Å²) in [5, 5.41) is 13.8. The average molecular weight is 344 g/mol. The van der Waals surface area contributed by atoms with Crippen LogP contribution in [0.15, 0.2) is 53.6 Å². The maximum absolute atomic E-state index is 12.3. The van der Waals surface area contributed by atoms with Crippen LogP contribution in [-0.4, -0.2) is 17.2 Å². The smallest absolute Gasteiger partial charge is 0.244 e. The zero-order chi connectivity index (χ0) is 18.4. The van der Waals surface area contributed by atoms with E-state index >= 15 is 0 Å². The number of phenols is 1. The minimum absolute atomic E-state index is 0.129. The normalized spacial score (nSPS) is 15.0. The summed E-state index contributed by atoms with van der Waals surface area (Å²) < 4.78 is 0. The van der Waals surface area contributed by atoms with Gasteiger partial charge in [0, 0.05) is 18.4 Å². The third kappa shape index (κ3) is 4.40. The number of aromatic hydroxyl groups is 1. The number of hydrazone groups is 1. The quantitative estimate of drug-likeness (QED) is 0.506. The number of rotatable bonds is 4. The minimum Gasteiger partial charge on any atom is -0.507 e. The van der Waals surface area contributed by atoms with Gasteiger partial charge in [0.05, 0.1) is 12.6 Å². The average Bonchev–Trinajstić information content (AvgIpc) is 2.62. The lowest BCUT2D eigenvalue weighted by molar-refractivity contribution is -0.120. The molecule has 3 rings (SSSR count). The highest BCUT2D eigenvalue weighted by Crippen LogP contribution is 2.24. The van der Waals surface area contributed by atoms with E-state index in [4.69, 9.17) is 0 Å². The molecule has 0 aliphatic heterocycles. The molecule has 0 unspecified atom stereocenters. The first-order chi connectivity index (χ1) is 12.6. The number of fused-ring (bicyclic) bond motifs is 1. The molecule has 26 heavy (non-hydrogen) atoms. The molecule has 0 spiro atoms. The summed E-state index contributed by atoms with van der Waals surface area (Å²) in [4.78, 5) is 12.3. The lowest BCUT2D eigenvalue weighted by Crippen LogP contribution is -2.18.